The van der Waals surface area contributed by atoms with Crippen LogP contribution in [-0.2, 0) is 5.60 Å². The third kappa shape index (κ3) is 2.30. The fourth-order valence-corrected chi connectivity index (χ4v) is 1.44. The molecule has 1 fully saturated rings. The Morgan fingerprint density at radius 2 is 2.14 bits per heavy atom. The van der Waals surface area contributed by atoms with Crippen molar-refractivity contribution in [2.75, 3.05) is 6.54 Å². The Morgan fingerprint density at radius 1 is 1.50 bits per heavy atom. The zero-order valence-corrected chi connectivity index (χ0v) is 8.40. The van der Waals surface area contributed by atoms with Crippen LogP contribution in [-0.4, -0.2) is 22.7 Å². The van der Waals surface area contributed by atoms with Crippen LogP contribution in [0.4, 0.5) is 0 Å². The van der Waals surface area contributed by atoms with Gasteiger partial charge in [-0.05, 0) is 37.5 Å². The van der Waals surface area contributed by atoms with Crippen molar-refractivity contribution in [2.24, 2.45) is 0 Å². The minimum Gasteiger partial charge on any atom is -0.384 e. The highest BCUT2D eigenvalue weighted by Crippen LogP contribution is 2.23. The third-order valence-electron chi connectivity index (χ3n) is 2.61. The van der Waals surface area contributed by atoms with Crippen molar-refractivity contribution in [1.82, 2.24) is 10.3 Å². The number of nitrogens with one attached hydrogen (secondary N) is 1. The van der Waals surface area contributed by atoms with Crippen LogP contribution in [0, 0.1) is 0 Å². The molecule has 3 nitrogen and oxygen atoms in total. The molecule has 1 aliphatic carbocycles. The van der Waals surface area contributed by atoms with Crippen molar-refractivity contribution in [3.8, 4) is 0 Å². The quantitative estimate of drug-likeness (QED) is 0.749. The molecular formula is C11H16N2O. The van der Waals surface area contributed by atoms with Gasteiger partial charge >= 0.3 is 0 Å². The minimum atomic E-state index is -0.786. The van der Waals surface area contributed by atoms with E-state index >= 15 is 0 Å². The fourth-order valence-electron chi connectivity index (χ4n) is 1.44. The van der Waals surface area contributed by atoms with Gasteiger partial charge in [-0.25, -0.2) is 0 Å². The molecule has 1 unspecified atom stereocenters. The van der Waals surface area contributed by atoms with Gasteiger partial charge in [-0.15, -0.1) is 0 Å². The van der Waals surface area contributed by atoms with E-state index in [-0.39, 0.29) is 0 Å². The molecule has 3 heteroatoms. The van der Waals surface area contributed by atoms with E-state index in [0.717, 1.165) is 5.56 Å². The monoisotopic (exact) mass is 192 g/mol. The van der Waals surface area contributed by atoms with Crippen LogP contribution in [0.2, 0.25) is 0 Å². The summed E-state index contributed by atoms with van der Waals surface area (Å²) in [6.45, 7) is 2.44. The summed E-state index contributed by atoms with van der Waals surface area (Å²) < 4.78 is 0. The van der Waals surface area contributed by atoms with Gasteiger partial charge in [0, 0.05) is 25.0 Å². The van der Waals surface area contributed by atoms with Crippen LogP contribution in [0.5, 0.6) is 0 Å². The second kappa shape index (κ2) is 3.67. The van der Waals surface area contributed by atoms with E-state index in [2.05, 4.69) is 10.3 Å². The summed E-state index contributed by atoms with van der Waals surface area (Å²) in [4.78, 5) is 3.93. The molecule has 1 aromatic rings. The molecule has 1 saturated carbocycles. The lowest BCUT2D eigenvalue weighted by Gasteiger charge is -2.24. The van der Waals surface area contributed by atoms with Crippen molar-refractivity contribution in [3.05, 3.63) is 30.1 Å². The highest BCUT2D eigenvalue weighted by atomic mass is 16.3. The first kappa shape index (κ1) is 9.62. The van der Waals surface area contributed by atoms with E-state index in [0.29, 0.717) is 12.6 Å². The molecule has 1 heterocycles. The van der Waals surface area contributed by atoms with Crippen LogP contribution < -0.4 is 5.32 Å². The first-order chi connectivity index (χ1) is 6.68. The van der Waals surface area contributed by atoms with Crippen LogP contribution in [0.1, 0.15) is 25.3 Å². The van der Waals surface area contributed by atoms with Gasteiger partial charge in [0.2, 0.25) is 0 Å². The molecule has 1 aliphatic rings. The SMILES string of the molecule is CC(O)(CNC1CC1)c1ccncc1. The van der Waals surface area contributed by atoms with Crippen LogP contribution in [0.15, 0.2) is 24.5 Å². The van der Waals surface area contributed by atoms with Gasteiger partial charge in [-0.3, -0.25) is 4.98 Å². The Hall–Kier alpha value is -0.930. The smallest absolute Gasteiger partial charge is 0.0993 e. The molecule has 0 spiro atoms. The predicted molar refractivity (Wildman–Crippen MR) is 54.8 cm³/mol. The number of hydrogen-bond acceptors (Lipinski definition) is 3. The summed E-state index contributed by atoms with van der Waals surface area (Å²) in [5.74, 6) is 0. The number of nitrogens with zero attached hydrogens (tertiary/aromatic N) is 1. The Labute approximate surface area is 84.2 Å². The lowest BCUT2D eigenvalue weighted by atomic mass is 9.97. The van der Waals surface area contributed by atoms with Crippen molar-refractivity contribution in [1.29, 1.82) is 0 Å². The predicted octanol–water partition coefficient (Wildman–Crippen LogP) is 1.04. The maximum absolute atomic E-state index is 10.2. The first-order valence-corrected chi connectivity index (χ1v) is 5.05. The van der Waals surface area contributed by atoms with Gasteiger partial charge in [0.25, 0.3) is 0 Å². The van der Waals surface area contributed by atoms with E-state index in [4.69, 9.17) is 0 Å². The molecule has 0 aliphatic heterocycles. The molecular weight excluding hydrogens is 176 g/mol. The highest BCUT2D eigenvalue weighted by Gasteiger charge is 2.27. The summed E-state index contributed by atoms with van der Waals surface area (Å²) in [6.07, 6.45) is 5.90. The number of pyridine rings is 1. The summed E-state index contributed by atoms with van der Waals surface area (Å²) in [5, 5.41) is 13.5. The van der Waals surface area contributed by atoms with Gasteiger partial charge in [0.05, 0.1) is 5.60 Å². The molecule has 0 aromatic carbocycles. The van der Waals surface area contributed by atoms with Gasteiger partial charge in [0.1, 0.15) is 0 Å². The molecule has 14 heavy (non-hydrogen) atoms. The fraction of sp³-hybridized carbons (Fsp3) is 0.545. The Bertz CT molecular complexity index is 293. The second-order valence-corrected chi connectivity index (χ2v) is 4.16. The summed E-state index contributed by atoms with van der Waals surface area (Å²) in [7, 11) is 0. The number of hydrogen-bond donors (Lipinski definition) is 2. The normalized spacial score (nSPS) is 20.4. The minimum absolute atomic E-state index is 0.613. The van der Waals surface area contributed by atoms with Crippen LogP contribution in [0.3, 0.4) is 0 Å². The maximum atomic E-state index is 10.2. The van der Waals surface area contributed by atoms with Crippen LogP contribution in [0.25, 0.3) is 0 Å². The van der Waals surface area contributed by atoms with Gasteiger partial charge in [-0.1, -0.05) is 0 Å². The lowest BCUT2D eigenvalue weighted by Crippen LogP contribution is -2.36. The zero-order valence-electron chi connectivity index (χ0n) is 8.40. The largest absolute Gasteiger partial charge is 0.384 e. The van der Waals surface area contributed by atoms with Gasteiger partial charge in [0.15, 0.2) is 0 Å². The molecule has 1 atom stereocenters. The maximum Gasteiger partial charge on any atom is 0.0993 e. The Balaban J connectivity index is 1.99. The third-order valence-corrected chi connectivity index (χ3v) is 2.61. The topological polar surface area (TPSA) is 45.1 Å². The van der Waals surface area contributed by atoms with Gasteiger partial charge in [-0.2, -0.15) is 0 Å². The molecule has 76 valence electrons. The van der Waals surface area contributed by atoms with Crippen molar-refractivity contribution in [2.45, 2.75) is 31.4 Å². The van der Waals surface area contributed by atoms with E-state index in [1.54, 1.807) is 12.4 Å². The second-order valence-electron chi connectivity index (χ2n) is 4.16. The van der Waals surface area contributed by atoms with E-state index in [9.17, 15) is 5.11 Å². The zero-order chi connectivity index (χ0) is 10.0. The van der Waals surface area contributed by atoms with Crippen molar-refractivity contribution < 1.29 is 5.11 Å². The summed E-state index contributed by atoms with van der Waals surface area (Å²) >= 11 is 0. The molecule has 0 radical (unpaired) electrons. The number of aromatic nitrogens is 1. The van der Waals surface area contributed by atoms with Gasteiger partial charge < -0.3 is 10.4 Å². The summed E-state index contributed by atoms with van der Waals surface area (Å²) in [6, 6.07) is 4.34. The van der Waals surface area contributed by atoms with E-state index in [1.165, 1.54) is 12.8 Å². The number of rotatable bonds is 4. The molecule has 0 saturated heterocycles. The Kier molecular flexibility index (Phi) is 2.52. The molecule has 0 bridgehead atoms. The Morgan fingerprint density at radius 3 is 2.71 bits per heavy atom. The summed E-state index contributed by atoms with van der Waals surface area (Å²) in [5.41, 5.74) is 0.131. The highest BCUT2D eigenvalue weighted by molar-refractivity contribution is 5.18. The molecule has 2 rings (SSSR count). The average Bonchev–Trinajstić information content (AvgIpc) is 3.00. The lowest BCUT2D eigenvalue weighted by molar-refractivity contribution is 0.0565. The first-order valence-electron chi connectivity index (χ1n) is 5.05. The van der Waals surface area contributed by atoms with E-state index < -0.39 is 5.60 Å². The molecule has 1 aromatic heterocycles. The standard InChI is InChI=1S/C11H16N2O/c1-11(14,8-13-10-2-3-10)9-4-6-12-7-5-9/h4-7,10,13-14H,2-3,8H2,1H3. The van der Waals surface area contributed by atoms with E-state index in [1.807, 2.05) is 19.1 Å². The van der Waals surface area contributed by atoms with Crippen LogP contribution >= 0.6 is 0 Å². The average molecular weight is 192 g/mol. The van der Waals surface area contributed by atoms with Crippen molar-refractivity contribution in [3.63, 3.8) is 0 Å². The molecule has 0 amide bonds. The molecule has 2 N–H and O–H groups in total. The number of aliphatic hydroxyl groups is 1. The van der Waals surface area contributed by atoms with Crippen molar-refractivity contribution >= 4 is 0 Å².